The van der Waals surface area contributed by atoms with Gasteiger partial charge in [0.2, 0.25) is 5.91 Å². The molecule has 1 aromatic heterocycles. The van der Waals surface area contributed by atoms with Gasteiger partial charge < -0.3 is 10.6 Å². The zero-order valence-electron chi connectivity index (χ0n) is 16.9. The van der Waals surface area contributed by atoms with Crippen molar-refractivity contribution in [2.24, 2.45) is 5.92 Å². The predicted molar refractivity (Wildman–Crippen MR) is 110 cm³/mol. The summed E-state index contributed by atoms with van der Waals surface area (Å²) < 4.78 is 2.04. The summed E-state index contributed by atoms with van der Waals surface area (Å²) in [6.45, 7) is 10.9. The van der Waals surface area contributed by atoms with Crippen molar-refractivity contribution in [2.45, 2.75) is 85.2 Å². The highest BCUT2D eigenvalue weighted by Gasteiger charge is 2.16. The molecule has 1 aromatic rings. The van der Waals surface area contributed by atoms with Crippen LogP contribution in [-0.4, -0.2) is 34.8 Å². The molecule has 0 radical (unpaired) electrons. The monoisotopic (exact) mass is 384 g/mol. The number of nitrogens with one attached hydrogen (secondary N) is 2. The molecule has 5 nitrogen and oxygen atoms in total. The van der Waals surface area contributed by atoms with Crippen LogP contribution in [0.5, 0.6) is 0 Å². The molecule has 0 aliphatic heterocycles. The summed E-state index contributed by atoms with van der Waals surface area (Å²) in [5.41, 5.74) is 3.18. The first-order chi connectivity index (χ1) is 12.0. The lowest BCUT2D eigenvalue weighted by Gasteiger charge is -2.16. The summed E-state index contributed by atoms with van der Waals surface area (Å²) in [5, 5.41) is 11.2. The Morgan fingerprint density at radius 3 is 2.42 bits per heavy atom. The van der Waals surface area contributed by atoms with Crippen LogP contribution >= 0.6 is 12.4 Å². The molecular weight excluding hydrogens is 348 g/mol. The molecule has 1 aliphatic carbocycles. The van der Waals surface area contributed by atoms with Gasteiger partial charge in [-0.1, -0.05) is 39.5 Å². The maximum absolute atomic E-state index is 12.3. The number of carbonyl (C=O) groups is 1. The second-order valence-corrected chi connectivity index (χ2v) is 7.89. The lowest BCUT2D eigenvalue weighted by Crippen LogP contribution is -2.37. The standard InChI is InChI=1S/C20H36N4O.ClH/c1-15(2)14-24-17(4)19(16(3)23-24)13-20(25)22-12-11-21-18-9-7-5-6-8-10-18;/h15,18,21H,5-14H2,1-4H3,(H,22,25);1H. The van der Waals surface area contributed by atoms with E-state index in [2.05, 4.69) is 36.5 Å². The van der Waals surface area contributed by atoms with Gasteiger partial charge in [-0.3, -0.25) is 9.48 Å². The van der Waals surface area contributed by atoms with Crippen molar-refractivity contribution in [1.82, 2.24) is 20.4 Å². The van der Waals surface area contributed by atoms with Gasteiger partial charge in [0.1, 0.15) is 0 Å². The molecule has 0 atom stereocenters. The molecule has 0 bridgehead atoms. The van der Waals surface area contributed by atoms with Crippen molar-refractivity contribution in [3.8, 4) is 0 Å². The van der Waals surface area contributed by atoms with Crippen molar-refractivity contribution in [2.75, 3.05) is 13.1 Å². The molecular formula is C20H37ClN4O. The normalized spacial score (nSPS) is 15.6. The summed E-state index contributed by atoms with van der Waals surface area (Å²) in [6.07, 6.45) is 8.41. The maximum Gasteiger partial charge on any atom is 0.224 e. The minimum Gasteiger partial charge on any atom is -0.355 e. The smallest absolute Gasteiger partial charge is 0.224 e. The van der Waals surface area contributed by atoms with E-state index in [4.69, 9.17) is 0 Å². The number of hydrogen-bond donors (Lipinski definition) is 2. The zero-order chi connectivity index (χ0) is 18.2. The van der Waals surface area contributed by atoms with E-state index < -0.39 is 0 Å². The van der Waals surface area contributed by atoms with Crippen LogP contribution in [0.4, 0.5) is 0 Å². The van der Waals surface area contributed by atoms with Gasteiger partial charge in [-0.25, -0.2) is 0 Å². The molecule has 0 saturated heterocycles. The summed E-state index contributed by atoms with van der Waals surface area (Å²) in [6, 6.07) is 0.637. The predicted octanol–water partition coefficient (Wildman–Crippen LogP) is 3.55. The fourth-order valence-electron chi connectivity index (χ4n) is 3.70. The fourth-order valence-corrected chi connectivity index (χ4v) is 3.70. The number of aryl methyl sites for hydroxylation is 1. The van der Waals surface area contributed by atoms with Gasteiger partial charge in [-0.15, -0.1) is 12.4 Å². The van der Waals surface area contributed by atoms with E-state index in [1.165, 1.54) is 38.5 Å². The van der Waals surface area contributed by atoms with Gasteiger partial charge in [-0.05, 0) is 32.6 Å². The molecule has 0 unspecified atom stereocenters. The van der Waals surface area contributed by atoms with Gasteiger partial charge in [0.15, 0.2) is 0 Å². The van der Waals surface area contributed by atoms with Gasteiger partial charge >= 0.3 is 0 Å². The van der Waals surface area contributed by atoms with Crippen LogP contribution < -0.4 is 10.6 Å². The number of carbonyl (C=O) groups excluding carboxylic acids is 1. The van der Waals surface area contributed by atoms with Crippen molar-refractivity contribution in [3.05, 3.63) is 17.0 Å². The average molecular weight is 385 g/mol. The van der Waals surface area contributed by atoms with Crippen LogP contribution in [-0.2, 0) is 17.8 Å². The highest BCUT2D eigenvalue weighted by molar-refractivity contribution is 5.85. The molecule has 0 aromatic carbocycles. The minimum atomic E-state index is 0. The number of aromatic nitrogens is 2. The summed E-state index contributed by atoms with van der Waals surface area (Å²) >= 11 is 0. The third kappa shape index (κ3) is 7.28. The SMILES string of the molecule is Cc1nn(CC(C)C)c(C)c1CC(=O)NCCNC1CCCCCC1.Cl. The Labute approximate surface area is 165 Å². The zero-order valence-corrected chi connectivity index (χ0v) is 17.8. The molecule has 1 heterocycles. The summed E-state index contributed by atoms with van der Waals surface area (Å²) in [7, 11) is 0. The molecule has 0 spiro atoms. The van der Waals surface area contributed by atoms with Crippen molar-refractivity contribution in [1.29, 1.82) is 0 Å². The maximum atomic E-state index is 12.3. The molecule has 2 rings (SSSR count). The molecule has 1 saturated carbocycles. The van der Waals surface area contributed by atoms with E-state index in [0.717, 1.165) is 30.0 Å². The molecule has 150 valence electrons. The van der Waals surface area contributed by atoms with E-state index in [1.807, 2.05) is 11.6 Å². The summed E-state index contributed by atoms with van der Waals surface area (Å²) in [4.78, 5) is 12.3. The molecule has 1 amide bonds. The van der Waals surface area contributed by atoms with E-state index in [1.54, 1.807) is 0 Å². The summed E-state index contributed by atoms with van der Waals surface area (Å²) in [5.74, 6) is 0.646. The van der Waals surface area contributed by atoms with Crippen molar-refractivity contribution >= 4 is 18.3 Å². The molecule has 1 aliphatic rings. The van der Waals surface area contributed by atoms with Crippen molar-refractivity contribution in [3.63, 3.8) is 0 Å². The Bertz CT molecular complexity index is 548. The van der Waals surface area contributed by atoms with E-state index in [0.29, 0.717) is 24.9 Å². The number of nitrogens with zero attached hydrogens (tertiary/aromatic N) is 2. The molecule has 1 fully saturated rings. The molecule has 26 heavy (non-hydrogen) atoms. The highest BCUT2D eigenvalue weighted by Crippen LogP contribution is 2.17. The number of halogens is 1. The first-order valence-electron chi connectivity index (χ1n) is 10.00. The van der Waals surface area contributed by atoms with Crippen molar-refractivity contribution < 1.29 is 4.79 Å². The second-order valence-electron chi connectivity index (χ2n) is 7.89. The Morgan fingerprint density at radius 2 is 1.81 bits per heavy atom. The van der Waals surface area contributed by atoms with Gasteiger partial charge in [-0.2, -0.15) is 5.10 Å². The van der Waals surface area contributed by atoms with Gasteiger partial charge in [0.25, 0.3) is 0 Å². The Morgan fingerprint density at radius 1 is 1.15 bits per heavy atom. The second kappa shape index (κ2) is 11.6. The number of amides is 1. The van der Waals surface area contributed by atoms with Crippen LogP contribution in [0, 0.1) is 19.8 Å². The molecule has 2 N–H and O–H groups in total. The fraction of sp³-hybridized carbons (Fsp3) is 0.800. The first kappa shape index (κ1) is 23.0. The topological polar surface area (TPSA) is 59.0 Å². The van der Waals surface area contributed by atoms with E-state index in [9.17, 15) is 4.79 Å². The average Bonchev–Trinajstić information content (AvgIpc) is 2.76. The van der Waals surface area contributed by atoms with E-state index in [-0.39, 0.29) is 18.3 Å². The third-order valence-corrected chi connectivity index (χ3v) is 5.14. The molecule has 6 heteroatoms. The van der Waals surface area contributed by atoms with Crippen LogP contribution in [0.25, 0.3) is 0 Å². The third-order valence-electron chi connectivity index (χ3n) is 5.14. The Hall–Kier alpha value is -1.07. The highest BCUT2D eigenvalue weighted by atomic mass is 35.5. The Balaban J connectivity index is 0.00000338. The lowest BCUT2D eigenvalue weighted by molar-refractivity contribution is -0.120. The lowest BCUT2D eigenvalue weighted by atomic mass is 10.1. The quantitative estimate of drug-likeness (QED) is 0.532. The van der Waals surface area contributed by atoms with E-state index >= 15 is 0 Å². The van der Waals surface area contributed by atoms with Crippen LogP contribution in [0.2, 0.25) is 0 Å². The Kier molecular flexibility index (Phi) is 10.3. The number of rotatable bonds is 8. The van der Waals surface area contributed by atoms with Crippen LogP contribution in [0.3, 0.4) is 0 Å². The van der Waals surface area contributed by atoms with Gasteiger partial charge in [0, 0.05) is 36.9 Å². The minimum absolute atomic E-state index is 0. The van der Waals surface area contributed by atoms with Crippen LogP contribution in [0.15, 0.2) is 0 Å². The van der Waals surface area contributed by atoms with Crippen LogP contribution in [0.1, 0.15) is 69.3 Å². The number of hydrogen-bond acceptors (Lipinski definition) is 3. The largest absolute Gasteiger partial charge is 0.355 e. The van der Waals surface area contributed by atoms with Gasteiger partial charge in [0.05, 0.1) is 12.1 Å². The first-order valence-corrected chi connectivity index (χ1v) is 10.00.